The summed E-state index contributed by atoms with van der Waals surface area (Å²) in [6, 6.07) is 0.0498. The normalized spacial score (nSPS) is 30.7. The molecule has 2 rings (SSSR count). The quantitative estimate of drug-likeness (QED) is 0.788. The van der Waals surface area contributed by atoms with E-state index in [1.54, 1.807) is 0 Å². The molecule has 2 unspecified atom stereocenters. The van der Waals surface area contributed by atoms with Gasteiger partial charge in [-0.15, -0.1) is 0 Å². The molecule has 0 spiro atoms. The number of likely N-dealkylation sites (tertiary alicyclic amines) is 1. The molecule has 2 saturated heterocycles. The minimum absolute atomic E-state index is 0.0498. The van der Waals surface area contributed by atoms with Gasteiger partial charge in [-0.1, -0.05) is 12.8 Å². The molecule has 104 valence electrons. The van der Waals surface area contributed by atoms with E-state index in [4.69, 9.17) is 0 Å². The Morgan fingerprint density at radius 3 is 3.00 bits per heavy atom. The number of amides is 1. The maximum atomic E-state index is 12.1. The minimum Gasteiger partial charge on any atom is -0.354 e. The number of hydrogen-bond acceptors (Lipinski definition) is 3. The van der Waals surface area contributed by atoms with Gasteiger partial charge in [-0.05, 0) is 51.7 Å². The summed E-state index contributed by atoms with van der Waals surface area (Å²) in [5.41, 5.74) is 0. The summed E-state index contributed by atoms with van der Waals surface area (Å²) in [4.78, 5) is 14.5. The van der Waals surface area contributed by atoms with Gasteiger partial charge in [0.1, 0.15) is 0 Å². The van der Waals surface area contributed by atoms with Crippen LogP contribution in [0.25, 0.3) is 0 Å². The fraction of sp³-hybridized carbons (Fsp3) is 0.929. The predicted octanol–water partition coefficient (Wildman–Crippen LogP) is 0.977. The molecule has 0 bridgehead atoms. The third-order valence-electron chi connectivity index (χ3n) is 4.16. The number of nitrogens with zero attached hydrogens (tertiary/aromatic N) is 1. The molecule has 2 fully saturated rings. The first-order valence-electron chi connectivity index (χ1n) is 7.45. The van der Waals surface area contributed by atoms with E-state index in [0.717, 1.165) is 26.1 Å². The van der Waals surface area contributed by atoms with Crippen molar-refractivity contribution in [1.29, 1.82) is 0 Å². The lowest BCUT2D eigenvalue weighted by Gasteiger charge is -2.30. The molecule has 2 heterocycles. The highest BCUT2D eigenvalue weighted by atomic mass is 16.2. The lowest BCUT2D eigenvalue weighted by atomic mass is 9.98. The summed E-state index contributed by atoms with van der Waals surface area (Å²) in [6.07, 6.45) is 7.15. The van der Waals surface area contributed by atoms with Crippen LogP contribution in [0.15, 0.2) is 0 Å². The molecule has 0 aromatic heterocycles. The fourth-order valence-corrected chi connectivity index (χ4v) is 3.06. The molecule has 2 aliphatic rings. The number of carbonyl (C=O) groups is 1. The van der Waals surface area contributed by atoms with Crippen LogP contribution in [-0.4, -0.2) is 50.1 Å². The van der Waals surface area contributed by atoms with E-state index in [1.165, 1.54) is 38.6 Å². The Labute approximate surface area is 110 Å². The molecule has 18 heavy (non-hydrogen) atoms. The Hall–Kier alpha value is -0.610. The van der Waals surface area contributed by atoms with Crippen molar-refractivity contribution in [2.45, 2.75) is 44.6 Å². The van der Waals surface area contributed by atoms with Crippen LogP contribution in [0.4, 0.5) is 0 Å². The molecule has 2 aliphatic heterocycles. The van der Waals surface area contributed by atoms with Crippen molar-refractivity contribution >= 4 is 5.91 Å². The highest BCUT2D eigenvalue weighted by Gasteiger charge is 2.22. The minimum atomic E-state index is 0.0498. The van der Waals surface area contributed by atoms with E-state index in [-0.39, 0.29) is 11.9 Å². The molecule has 4 nitrogen and oxygen atoms in total. The van der Waals surface area contributed by atoms with Crippen molar-refractivity contribution in [3.63, 3.8) is 0 Å². The van der Waals surface area contributed by atoms with Crippen LogP contribution in [0, 0.1) is 5.92 Å². The summed E-state index contributed by atoms with van der Waals surface area (Å²) in [6.45, 7) is 4.17. The molecular weight excluding hydrogens is 226 g/mol. The Kier molecular flexibility index (Phi) is 5.45. The van der Waals surface area contributed by atoms with Gasteiger partial charge < -0.3 is 15.5 Å². The SMILES string of the molecule is CN1CCCC(CNC(=O)C2CCCCCN2)C1. The first kappa shape index (κ1) is 13.8. The molecule has 0 aromatic rings. The van der Waals surface area contributed by atoms with Crippen molar-refractivity contribution in [2.75, 3.05) is 33.2 Å². The molecule has 2 N–H and O–H groups in total. The van der Waals surface area contributed by atoms with Crippen LogP contribution in [0.2, 0.25) is 0 Å². The van der Waals surface area contributed by atoms with E-state index >= 15 is 0 Å². The van der Waals surface area contributed by atoms with Crippen molar-refractivity contribution in [3.05, 3.63) is 0 Å². The largest absolute Gasteiger partial charge is 0.354 e. The van der Waals surface area contributed by atoms with Gasteiger partial charge in [0.05, 0.1) is 6.04 Å². The highest BCUT2D eigenvalue weighted by Crippen LogP contribution is 2.14. The number of piperidine rings is 1. The molecule has 0 radical (unpaired) electrons. The standard InChI is InChI=1S/C14H27N3O/c1-17-9-5-6-12(11-17)10-16-14(18)13-7-3-2-4-8-15-13/h12-13,15H,2-11H2,1H3,(H,16,18). The zero-order valence-electron chi connectivity index (χ0n) is 11.6. The molecule has 0 aromatic carbocycles. The Morgan fingerprint density at radius 2 is 2.17 bits per heavy atom. The zero-order chi connectivity index (χ0) is 12.8. The molecule has 4 heteroatoms. The maximum absolute atomic E-state index is 12.1. The maximum Gasteiger partial charge on any atom is 0.237 e. The highest BCUT2D eigenvalue weighted by molar-refractivity contribution is 5.81. The van der Waals surface area contributed by atoms with Gasteiger partial charge in [0.15, 0.2) is 0 Å². The average molecular weight is 253 g/mol. The van der Waals surface area contributed by atoms with Gasteiger partial charge >= 0.3 is 0 Å². The predicted molar refractivity (Wildman–Crippen MR) is 73.5 cm³/mol. The smallest absolute Gasteiger partial charge is 0.237 e. The van der Waals surface area contributed by atoms with Gasteiger partial charge in [-0.25, -0.2) is 0 Å². The Morgan fingerprint density at radius 1 is 1.28 bits per heavy atom. The van der Waals surface area contributed by atoms with Crippen molar-refractivity contribution in [3.8, 4) is 0 Å². The summed E-state index contributed by atoms with van der Waals surface area (Å²) in [5, 5.41) is 6.50. The third kappa shape index (κ3) is 4.25. The summed E-state index contributed by atoms with van der Waals surface area (Å²) in [5.74, 6) is 0.851. The first-order valence-corrected chi connectivity index (χ1v) is 7.45. The fourth-order valence-electron chi connectivity index (χ4n) is 3.06. The van der Waals surface area contributed by atoms with Crippen molar-refractivity contribution in [1.82, 2.24) is 15.5 Å². The number of nitrogens with one attached hydrogen (secondary N) is 2. The second-order valence-corrected chi connectivity index (χ2v) is 5.87. The van der Waals surface area contributed by atoms with Crippen molar-refractivity contribution < 1.29 is 4.79 Å². The lowest BCUT2D eigenvalue weighted by Crippen LogP contribution is -2.46. The molecular formula is C14H27N3O. The van der Waals surface area contributed by atoms with Gasteiger partial charge in [0, 0.05) is 13.1 Å². The second-order valence-electron chi connectivity index (χ2n) is 5.87. The van der Waals surface area contributed by atoms with E-state index in [2.05, 4.69) is 22.6 Å². The molecule has 0 aliphatic carbocycles. The molecule has 1 amide bonds. The summed E-state index contributed by atoms with van der Waals surface area (Å²) >= 11 is 0. The Bertz CT molecular complexity index is 262. The van der Waals surface area contributed by atoms with Gasteiger partial charge in [0.25, 0.3) is 0 Å². The summed E-state index contributed by atoms with van der Waals surface area (Å²) in [7, 11) is 2.17. The topological polar surface area (TPSA) is 44.4 Å². The monoisotopic (exact) mass is 253 g/mol. The van der Waals surface area contributed by atoms with Crippen LogP contribution in [0.1, 0.15) is 38.5 Å². The zero-order valence-corrected chi connectivity index (χ0v) is 11.6. The van der Waals surface area contributed by atoms with Crippen LogP contribution in [0.3, 0.4) is 0 Å². The average Bonchev–Trinajstić information content (AvgIpc) is 2.65. The number of carbonyl (C=O) groups excluding carboxylic acids is 1. The summed E-state index contributed by atoms with van der Waals surface area (Å²) < 4.78 is 0. The molecule has 2 atom stereocenters. The van der Waals surface area contributed by atoms with Crippen LogP contribution in [0.5, 0.6) is 0 Å². The van der Waals surface area contributed by atoms with Crippen LogP contribution in [-0.2, 0) is 4.79 Å². The van der Waals surface area contributed by atoms with Crippen LogP contribution >= 0.6 is 0 Å². The second kappa shape index (κ2) is 7.10. The lowest BCUT2D eigenvalue weighted by molar-refractivity contribution is -0.123. The number of rotatable bonds is 3. The van der Waals surface area contributed by atoms with Crippen molar-refractivity contribution in [2.24, 2.45) is 5.92 Å². The van der Waals surface area contributed by atoms with Crippen LogP contribution < -0.4 is 10.6 Å². The first-order chi connectivity index (χ1) is 8.75. The number of hydrogen-bond donors (Lipinski definition) is 2. The van der Waals surface area contributed by atoms with E-state index < -0.39 is 0 Å². The Balaban J connectivity index is 1.70. The van der Waals surface area contributed by atoms with E-state index in [0.29, 0.717) is 5.92 Å². The van der Waals surface area contributed by atoms with E-state index in [1.807, 2.05) is 0 Å². The van der Waals surface area contributed by atoms with E-state index in [9.17, 15) is 4.79 Å². The van der Waals surface area contributed by atoms with Gasteiger partial charge in [-0.2, -0.15) is 0 Å². The molecule has 0 saturated carbocycles. The van der Waals surface area contributed by atoms with Gasteiger partial charge in [-0.3, -0.25) is 4.79 Å². The van der Waals surface area contributed by atoms with Gasteiger partial charge in [0.2, 0.25) is 5.91 Å². The third-order valence-corrected chi connectivity index (χ3v) is 4.16.